The maximum atomic E-state index is 12.8. The molecule has 1 aromatic heterocycles. The first-order valence-electron chi connectivity index (χ1n) is 7.89. The second-order valence-electron chi connectivity index (χ2n) is 5.88. The summed E-state index contributed by atoms with van der Waals surface area (Å²) in [5.41, 5.74) is 2.34. The van der Waals surface area contributed by atoms with Gasteiger partial charge in [-0.25, -0.2) is 0 Å². The van der Waals surface area contributed by atoms with E-state index in [2.05, 4.69) is 0 Å². The normalized spacial score (nSPS) is 11.0. The smallest absolute Gasteiger partial charge is 0.270 e. The summed E-state index contributed by atoms with van der Waals surface area (Å²) in [6.07, 6.45) is 0. The van der Waals surface area contributed by atoms with Gasteiger partial charge in [-0.2, -0.15) is 0 Å². The van der Waals surface area contributed by atoms with Crippen LogP contribution in [-0.4, -0.2) is 9.49 Å². The zero-order valence-electron chi connectivity index (χ0n) is 13.3. The molecular weight excluding hydrogens is 316 g/mol. The number of pyridine rings is 1. The van der Waals surface area contributed by atoms with Crippen LogP contribution >= 0.6 is 0 Å². The molecule has 0 saturated heterocycles. The van der Waals surface area contributed by atoms with Gasteiger partial charge in [-0.05, 0) is 23.8 Å². The van der Waals surface area contributed by atoms with E-state index in [9.17, 15) is 14.9 Å². The molecule has 0 aliphatic rings. The fourth-order valence-electron chi connectivity index (χ4n) is 3.17. The summed E-state index contributed by atoms with van der Waals surface area (Å²) in [4.78, 5) is 23.4. The molecule has 5 nitrogen and oxygen atoms in total. The summed E-state index contributed by atoms with van der Waals surface area (Å²) in [7, 11) is 0. The van der Waals surface area contributed by atoms with Gasteiger partial charge < -0.3 is 4.57 Å². The number of nitro groups is 1. The lowest BCUT2D eigenvalue weighted by Gasteiger charge is -2.15. The molecule has 0 amide bonds. The zero-order valence-corrected chi connectivity index (χ0v) is 13.3. The Hall–Kier alpha value is -3.47. The molecule has 1 heterocycles. The second-order valence-corrected chi connectivity index (χ2v) is 5.88. The fourth-order valence-corrected chi connectivity index (χ4v) is 3.17. The van der Waals surface area contributed by atoms with E-state index >= 15 is 0 Å². The predicted octanol–water partition coefficient (Wildman–Crippen LogP) is 4.11. The van der Waals surface area contributed by atoms with Crippen molar-refractivity contribution in [2.75, 3.05) is 0 Å². The largest absolute Gasteiger partial charge is 0.336 e. The molecule has 3 aromatic carbocycles. The van der Waals surface area contributed by atoms with Crippen LogP contribution in [0, 0.1) is 10.1 Å². The third-order valence-corrected chi connectivity index (χ3v) is 4.35. The number of hydrogen-bond donors (Lipinski definition) is 0. The molecule has 0 aliphatic heterocycles. The molecule has 0 atom stereocenters. The minimum atomic E-state index is -0.477. The first-order chi connectivity index (χ1) is 12.1. The topological polar surface area (TPSA) is 65.1 Å². The van der Waals surface area contributed by atoms with Crippen molar-refractivity contribution in [3.05, 3.63) is 98.7 Å². The number of nitrogens with zero attached hydrogens (tertiary/aromatic N) is 2. The number of hydrogen-bond acceptors (Lipinski definition) is 3. The van der Waals surface area contributed by atoms with Gasteiger partial charge in [-0.3, -0.25) is 14.9 Å². The van der Waals surface area contributed by atoms with Crippen molar-refractivity contribution in [3.8, 4) is 0 Å². The molecule has 0 saturated carbocycles. The van der Waals surface area contributed by atoms with E-state index < -0.39 is 4.92 Å². The minimum absolute atomic E-state index is 0.0776. The Morgan fingerprint density at radius 2 is 1.52 bits per heavy atom. The highest BCUT2D eigenvalue weighted by Crippen LogP contribution is 2.24. The van der Waals surface area contributed by atoms with Crippen molar-refractivity contribution in [3.63, 3.8) is 0 Å². The number of para-hydroxylation sites is 1. The Kier molecular flexibility index (Phi) is 3.54. The molecule has 25 heavy (non-hydrogen) atoms. The number of benzene rings is 3. The number of rotatable bonds is 3. The second kappa shape index (κ2) is 5.87. The number of fused-ring (bicyclic) bond motifs is 2. The minimum Gasteiger partial charge on any atom is -0.336 e. The fraction of sp³-hybridized carbons (Fsp3) is 0.0500. The molecule has 0 aliphatic carbocycles. The SMILES string of the molecule is O=c1c2ccccc2n(Cc2ccccc2)c2ccc([N+](=O)[O-])cc12. The Balaban J connectivity index is 2.08. The molecule has 4 rings (SSSR count). The van der Waals surface area contributed by atoms with Gasteiger partial charge >= 0.3 is 0 Å². The van der Waals surface area contributed by atoms with Gasteiger partial charge in [-0.15, -0.1) is 0 Å². The van der Waals surface area contributed by atoms with E-state index in [0.29, 0.717) is 22.8 Å². The van der Waals surface area contributed by atoms with E-state index in [4.69, 9.17) is 0 Å². The van der Waals surface area contributed by atoms with Crippen LogP contribution in [0.5, 0.6) is 0 Å². The van der Waals surface area contributed by atoms with Crippen LogP contribution in [0.2, 0.25) is 0 Å². The van der Waals surface area contributed by atoms with E-state index in [1.807, 2.05) is 47.0 Å². The molecule has 5 heteroatoms. The van der Waals surface area contributed by atoms with Gasteiger partial charge in [0.15, 0.2) is 5.43 Å². The van der Waals surface area contributed by atoms with Gasteiger partial charge in [0.1, 0.15) is 0 Å². The van der Waals surface area contributed by atoms with Crippen LogP contribution in [0.25, 0.3) is 21.8 Å². The highest BCUT2D eigenvalue weighted by Gasteiger charge is 2.14. The third-order valence-electron chi connectivity index (χ3n) is 4.35. The highest BCUT2D eigenvalue weighted by atomic mass is 16.6. The van der Waals surface area contributed by atoms with Gasteiger partial charge in [-0.1, -0.05) is 42.5 Å². The van der Waals surface area contributed by atoms with Crippen LogP contribution in [0.15, 0.2) is 77.6 Å². The third kappa shape index (κ3) is 2.55. The molecular formula is C20H14N2O3. The van der Waals surface area contributed by atoms with Crippen molar-refractivity contribution in [2.45, 2.75) is 6.54 Å². The Morgan fingerprint density at radius 3 is 2.28 bits per heavy atom. The Bertz CT molecular complexity index is 1160. The lowest BCUT2D eigenvalue weighted by Crippen LogP contribution is -2.12. The van der Waals surface area contributed by atoms with Crippen LogP contribution < -0.4 is 5.43 Å². The first kappa shape index (κ1) is 15.1. The summed E-state index contributed by atoms with van der Waals surface area (Å²) in [6.45, 7) is 0.579. The highest BCUT2D eigenvalue weighted by molar-refractivity contribution is 5.94. The summed E-state index contributed by atoms with van der Waals surface area (Å²) in [6, 6.07) is 21.7. The standard InChI is InChI=1S/C20H14N2O3/c23-20-16-8-4-5-9-18(16)21(13-14-6-2-1-3-7-14)19-11-10-15(22(24)25)12-17(19)20/h1-12H,13H2. The number of non-ortho nitro benzene ring substituents is 1. The molecule has 122 valence electrons. The monoisotopic (exact) mass is 330 g/mol. The van der Waals surface area contributed by atoms with E-state index in [-0.39, 0.29) is 11.1 Å². The van der Waals surface area contributed by atoms with Crippen molar-refractivity contribution < 1.29 is 4.92 Å². The van der Waals surface area contributed by atoms with Crippen molar-refractivity contribution in [1.29, 1.82) is 0 Å². The van der Waals surface area contributed by atoms with E-state index in [1.54, 1.807) is 18.2 Å². The molecule has 0 radical (unpaired) electrons. The summed E-state index contributed by atoms with van der Waals surface area (Å²) in [5, 5.41) is 12.0. The van der Waals surface area contributed by atoms with Crippen LogP contribution in [0.4, 0.5) is 5.69 Å². The van der Waals surface area contributed by atoms with Crippen molar-refractivity contribution >= 4 is 27.5 Å². The number of aromatic nitrogens is 1. The average molecular weight is 330 g/mol. The lowest BCUT2D eigenvalue weighted by molar-refractivity contribution is -0.384. The lowest BCUT2D eigenvalue weighted by atomic mass is 10.1. The van der Waals surface area contributed by atoms with Crippen LogP contribution in [-0.2, 0) is 6.54 Å². The average Bonchev–Trinajstić information content (AvgIpc) is 2.65. The van der Waals surface area contributed by atoms with Crippen LogP contribution in [0.1, 0.15) is 5.56 Å². The first-order valence-corrected chi connectivity index (χ1v) is 7.89. The van der Waals surface area contributed by atoms with Gasteiger partial charge in [0.2, 0.25) is 0 Å². The molecule has 4 aromatic rings. The van der Waals surface area contributed by atoms with Gasteiger partial charge in [0, 0.05) is 24.1 Å². The summed E-state index contributed by atoms with van der Waals surface area (Å²) < 4.78 is 2.03. The maximum absolute atomic E-state index is 12.8. The summed E-state index contributed by atoms with van der Waals surface area (Å²) in [5.74, 6) is 0. The molecule has 0 spiro atoms. The predicted molar refractivity (Wildman–Crippen MR) is 97.9 cm³/mol. The van der Waals surface area contributed by atoms with E-state index in [1.165, 1.54) is 12.1 Å². The number of nitro benzene ring substituents is 1. The summed E-state index contributed by atoms with van der Waals surface area (Å²) >= 11 is 0. The molecule has 0 N–H and O–H groups in total. The Labute approximate surface area is 142 Å². The Morgan fingerprint density at radius 1 is 0.840 bits per heavy atom. The molecule has 0 bridgehead atoms. The quantitative estimate of drug-likeness (QED) is 0.322. The molecule has 0 unspecified atom stereocenters. The van der Waals surface area contributed by atoms with Crippen LogP contribution in [0.3, 0.4) is 0 Å². The van der Waals surface area contributed by atoms with Gasteiger partial charge in [0.25, 0.3) is 5.69 Å². The van der Waals surface area contributed by atoms with E-state index in [0.717, 1.165) is 11.1 Å². The zero-order chi connectivity index (χ0) is 17.4. The van der Waals surface area contributed by atoms with Crippen molar-refractivity contribution in [2.24, 2.45) is 0 Å². The molecule has 0 fully saturated rings. The van der Waals surface area contributed by atoms with Gasteiger partial charge in [0.05, 0.1) is 21.3 Å². The van der Waals surface area contributed by atoms with Crippen molar-refractivity contribution in [1.82, 2.24) is 4.57 Å². The maximum Gasteiger partial charge on any atom is 0.270 e.